The Kier molecular flexibility index (Phi) is 13.1. The van der Waals surface area contributed by atoms with Crippen LogP contribution in [0.1, 0.15) is 79.8 Å². The first-order valence-corrected chi connectivity index (χ1v) is 17.5. The molecule has 9 nitrogen and oxygen atoms in total. The van der Waals surface area contributed by atoms with Crippen molar-refractivity contribution in [2.24, 2.45) is 0 Å². The highest BCUT2D eigenvalue weighted by molar-refractivity contribution is 7.92. The number of nitrogens with one attached hydrogen (secondary N) is 2. The van der Waals surface area contributed by atoms with E-state index in [-0.39, 0.29) is 18.3 Å². The lowest BCUT2D eigenvalue weighted by Crippen LogP contribution is -2.39. The smallest absolute Gasteiger partial charge is 0.338 e. The zero-order valence-electron chi connectivity index (χ0n) is 26.2. The van der Waals surface area contributed by atoms with Crippen molar-refractivity contribution in [2.45, 2.75) is 77.0 Å². The quantitative estimate of drug-likeness (QED) is 0.153. The number of esters is 1. The first-order valence-electron chi connectivity index (χ1n) is 15.9. The molecule has 3 aromatic carbocycles. The molecule has 1 aliphatic rings. The van der Waals surface area contributed by atoms with E-state index in [0.717, 1.165) is 37.7 Å². The highest BCUT2D eigenvalue weighted by Crippen LogP contribution is 2.33. The summed E-state index contributed by atoms with van der Waals surface area (Å²) in [6, 6.07) is 22.7. The standard InChI is InChI=1S/C35H46N2O7S/c1-3-5-21-45(40,41)37-33-22-32(19-20-34(33)44-24-26-9-7-6-8-10-26)43-25-31(38)23-36-30-17-15-28(16-18-30)27-11-13-29(14-12-27)35(39)42-4-2/h6-14,19-20,22,28,30-31,36-38H,3-5,15-18,21,23-25H2,1-2H3/t28?,30?,31-/m0/s1. The summed E-state index contributed by atoms with van der Waals surface area (Å²) < 4.78 is 44.9. The number of carbonyl (C=O) groups excluding carboxylic acids is 1. The largest absolute Gasteiger partial charge is 0.491 e. The van der Waals surface area contributed by atoms with Crippen molar-refractivity contribution in [1.82, 2.24) is 5.32 Å². The van der Waals surface area contributed by atoms with Gasteiger partial charge in [-0.2, -0.15) is 0 Å². The van der Waals surface area contributed by atoms with Gasteiger partial charge in [-0.05, 0) is 80.3 Å². The lowest BCUT2D eigenvalue weighted by Gasteiger charge is -2.30. The number of aliphatic hydroxyl groups is 1. The van der Waals surface area contributed by atoms with Gasteiger partial charge in [0.1, 0.15) is 30.8 Å². The van der Waals surface area contributed by atoms with Gasteiger partial charge in [-0.3, -0.25) is 4.72 Å². The van der Waals surface area contributed by atoms with E-state index in [4.69, 9.17) is 14.2 Å². The van der Waals surface area contributed by atoms with Gasteiger partial charge in [0, 0.05) is 18.7 Å². The lowest BCUT2D eigenvalue weighted by atomic mass is 9.81. The van der Waals surface area contributed by atoms with Crippen molar-refractivity contribution in [3.63, 3.8) is 0 Å². The third-order valence-electron chi connectivity index (χ3n) is 7.93. The maximum absolute atomic E-state index is 12.7. The Morgan fingerprint density at radius 1 is 0.956 bits per heavy atom. The Bertz CT molecular complexity index is 1440. The molecule has 0 spiro atoms. The molecule has 0 saturated heterocycles. The molecule has 4 rings (SSSR count). The predicted molar refractivity (Wildman–Crippen MR) is 176 cm³/mol. The third-order valence-corrected chi connectivity index (χ3v) is 9.28. The fourth-order valence-electron chi connectivity index (χ4n) is 5.38. The highest BCUT2D eigenvalue weighted by Gasteiger charge is 2.23. The zero-order valence-corrected chi connectivity index (χ0v) is 27.1. The Balaban J connectivity index is 1.26. The minimum atomic E-state index is -3.56. The number of sulfonamides is 1. The number of unbranched alkanes of at least 4 members (excludes halogenated alkanes) is 1. The summed E-state index contributed by atoms with van der Waals surface area (Å²) in [5, 5.41) is 14.1. The van der Waals surface area contributed by atoms with Gasteiger partial charge in [0.15, 0.2) is 0 Å². The third kappa shape index (κ3) is 11.1. The van der Waals surface area contributed by atoms with Crippen molar-refractivity contribution >= 4 is 21.7 Å². The van der Waals surface area contributed by atoms with E-state index in [2.05, 4.69) is 10.0 Å². The van der Waals surface area contributed by atoms with Crippen LogP contribution in [0.3, 0.4) is 0 Å². The molecule has 1 fully saturated rings. The average molecular weight is 639 g/mol. The molecule has 0 amide bonds. The summed E-state index contributed by atoms with van der Waals surface area (Å²) >= 11 is 0. The van der Waals surface area contributed by atoms with Crippen LogP contribution in [0.5, 0.6) is 11.5 Å². The van der Waals surface area contributed by atoms with Gasteiger partial charge in [0.05, 0.1) is 23.6 Å². The first-order chi connectivity index (χ1) is 21.8. The van der Waals surface area contributed by atoms with E-state index in [1.807, 2.05) is 61.5 Å². The maximum Gasteiger partial charge on any atom is 0.338 e. The molecule has 3 N–H and O–H groups in total. The SMILES string of the molecule is CCCCS(=O)(=O)Nc1cc(OC[C@@H](O)CNC2CCC(c3ccc(C(=O)OCC)cc3)CC2)ccc1OCc1ccccc1. The van der Waals surface area contributed by atoms with E-state index in [0.29, 0.717) is 60.9 Å². The van der Waals surface area contributed by atoms with Crippen LogP contribution in [0.2, 0.25) is 0 Å². The molecule has 3 aromatic rings. The van der Waals surface area contributed by atoms with Crippen LogP contribution in [0, 0.1) is 0 Å². The van der Waals surface area contributed by atoms with E-state index >= 15 is 0 Å². The predicted octanol–water partition coefficient (Wildman–Crippen LogP) is 6.04. The lowest BCUT2D eigenvalue weighted by molar-refractivity contribution is 0.0526. The number of hydrogen-bond donors (Lipinski definition) is 3. The van der Waals surface area contributed by atoms with Crippen LogP contribution in [-0.2, 0) is 21.4 Å². The average Bonchev–Trinajstić information content (AvgIpc) is 3.06. The number of hydrogen-bond acceptors (Lipinski definition) is 8. The second-order valence-corrected chi connectivity index (χ2v) is 13.3. The minimum absolute atomic E-state index is 0.0147. The zero-order chi connectivity index (χ0) is 32.1. The number of aliphatic hydroxyl groups excluding tert-OH is 1. The van der Waals surface area contributed by atoms with E-state index in [1.54, 1.807) is 25.1 Å². The van der Waals surface area contributed by atoms with Crippen molar-refractivity contribution in [3.05, 3.63) is 89.5 Å². The molecule has 0 aromatic heterocycles. The molecule has 244 valence electrons. The van der Waals surface area contributed by atoms with Crippen molar-refractivity contribution in [1.29, 1.82) is 0 Å². The van der Waals surface area contributed by atoms with Crippen LogP contribution in [-0.4, -0.2) is 57.2 Å². The van der Waals surface area contributed by atoms with Gasteiger partial charge in [0.2, 0.25) is 10.0 Å². The molecular weight excluding hydrogens is 592 g/mol. The second kappa shape index (κ2) is 17.2. The Labute approximate surface area is 267 Å². The van der Waals surface area contributed by atoms with Crippen LogP contribution in [0.25, 0.3) is 0 Å². The second-order valence-electron chi connectivity index (χ2n) is 11.5. The summed E-state index contributed by atoms with van der Waals surface area (Å²) in [4.78, 5) is 11.9. The molecular formula is C35H46N2O7S. The van der Waals surface area contributed by atoms with Crippen LogP contribution < -0.4 is 19.5 Å². The molecule has 0 heterocycles. The van der Waals surface area contributed by atoms with Crippen molar-refractivity contribution < 1.29 is 32.5 Å². The molecule has 0 unspecified atom stereocenters. The van der Waals surface area contributed by atoms with Gasteiger partial charge < -0.3 is 24.6 Å². The Hall–Kier alpha value is -3.60. The number of rotatable bonds is 17. The summed E-state index contributed by atoms with van der Waals surface area (Å²) in [7, 11) is -3.56. The van der Waals surface area contributed by atoms with Crippen molar-refractivity contribution in [2.75, 3.05) is 30.2 Å². The molecule has 45 heavy (non-hydrogen) atoms. The van der Waals surface area contributed by atoms with Gasteiger partial charge >= 0.3 is 5.97 Å². The van der Waals surface area contributed by atoms with Crippen LogP contribution >= 0.6 is 0 Å². The van der Waals surface area contributed by atoms with Gasteiger partial charge in [-0.1, -0.05) is 55.8 Å². The van der Waals surface area contributed by atoms with E-state index < -0.39 is 16.1 Å². The Morgan fingerprint density at radius 3 is 2.38 bits per heavy atom. The molecule has 10 heteroatoms. The topological polar surface area (TPSA) is 123 Å². The molecule has 0 radical (unpaired) electrons. The Morgan fingerprint density at radius 2 is 1.69 bits per heavy atom. The van der Waals surface area contributed by atoms with Crippen LogP contribution in [0.15, 0.2) is 72.8 Å². The highest BCUT2D eigenvalue weighted by atomic mass is 32.2. The molecule has 0 aliphatic heterocycles. The number of benzene rings is 3. The fraction of sp³-hybridized carbons (Fsp3) is 0.457. The van der Waals surface area contributed by atoms with E-state index in [1.165, 1.54) is 5.56 Å². The molecule has 1 atom stereocenters. The van der Waals surface area contributed by atoms with Crippen LogP contribution in [0.4, 0.5) is 5.69 Å². The van der Waals surface area contributed by atoms with Crippen molar-refractivity contribution in [3.8, 4) is 11.5 Å². The number of ether oxygens (including phenoxy) is 3. The molecule has 1 aliphatic carbocycles. The summed E-state index contributed by atoms with van der Waals surface area (Å²) in [6.07, 6.45) is 4.61. The summed E-state index contributed by atoms with van der Waals surface area (Å²) in [5.74, 6) is 1.00. The summed E-state index contributed by atoms with van der Waals surface area (Å²) in [5.41, 5.74) is 3.08. The summed E-state index contributed by atoms with van der Waals surface area (Å²) in [6.45, 7) is 4.84. The molecule has 1 saturated carbocycles. The monoisotopic (exact) mass is 638 g/mol. The minimum Gasteiger partial charge on any atom is -0.491 e. The fourth-order valence-corrected chi connectivity index (χ4v) is 6.65. The molecule has 0 bridgehead atoms. The first kappa shape index (κ1) is 34.3. The normalized spacial score (nSPS) is 17.3. The van der Waals surface area contributed by atoms with Gasteiger partial charge in [0.25, 0.3) is 0 Å². The number of carbonyl (C=O) groups is 1. The van der Waals surface area contributed by atoms with Gasteiger partial charge in [-0.25, -0.2) is 13.2 Å². The maximum atomic E-state index is 12.7. The van der Waals surface area contributed by atoms with Gasteiger partial charge in [-0.15, -0.1) is 0 Å². The number of anilines is 1. The van der Waals surface area contributed by atoms with E-state index in [9.17, 15) is 18.3 Å².